The number of para-hydroxylation sites is 4. The summed E-state index contributed by atoms with van der Waals surface area (Å²) in [5.41, 5.74) is 29.6. The summed E-state index contributed by atoms with van der Waals surface area (Å²) in [7, 11) is 0. The van der Waals surface area contributed by atoms with Gasteiger partial charge in [-0.05, 0) is 299 Å². The summed E-state index contributed by atoms with van der Waals surface area (Å²) < 4.78 is 4.87. The first kappa shape index (κ1) is 73.8. The highest BCUT2D eigenvalue weighted by atomic mass is 15.1. The fraction of sp³-hybridized carbons (Fsp3) is 0. The maximum Gasteiger partial charge on any atom is 0.0553 e. The van der Waals surface area contributed by atoms with Gasteiger partial charge in [0.25, 0.3) is 0 Å². The van der Waals surface area contributed by atoms with Gasteiger partial charge in [-0.25, -0.2) is 0 Å². The second kappa shape index (κ2) is 30.5. The van der Waals surface area contributed by atoms with Crippen LogP contribution in [0, 0.1) is 0 Å². The summed E-state index contributed by atoms with van der Waals surface area (Å²) in [6, 6.07) is 180. The molecule has 0 aliphatic carbocycles. The van der Waals surface area contributed by atoms with Crippen LogP contribution in [0.1, 0.15) is 0 Å². The first-order valence-corrected chi connectivity index (χ1v) is 44.1. The van der Waals surface area contributed by atoms with Crippen LogP contribution in [0.5, 0.6) is 0 Å². The van der Waals surface area contributed by atoms with Crippen molar-refractivity contribution in [1.29, 1.82) is 0 Å². The quantitative estimate of drug-likeness (QED) is 0.0951. The van der Waals surface area contributed by atoms with Crippen LogP contribution in [-0.2, 0) is 0 Å². The van der Waals surface area contributed by atoms with Gasteiger partial charge < -0.3 is 18.9 Å². The van der Waals surface area contributed by atoms with Crippen LogP contribution >= 0.6 is 0 Å². The molecule has 0 aliphatic rings. The summed E-state index contributed by atoms with van der Waals surface area (Å²) >= 11 is 0. The molecule has 0 bridgehead atoms. The molecular weight excluding hydrogens is 1550 g/mol. The Balaban J connectivity index is 0.554. The molecule has 0 saturated carbocycles. The van der Waals surface area contributed by atoms with E-state index in [1.54, 1.807) is 0 Å². The molecule has 0 fully saturated rings. The summed E-state index contributed by atoms with van der Waals surface area (Å²) in [5.74, 6) is 0. The second-order valence-corrected chi connectivity index (χ2v) is 33.9. The Morgan fingerprint density at radius 2 is 0.438 bits per heavy atom. The molecule has 0 N–H and O–H groups in total. The molecular formula is C124H80N4. The van der Waals surface area contributed by atoms with Gasteiger partial charge in [0.2, 0.25) is 0 Å². The number of nitrogens with zero attached hydrogens (tertiary/aromatic N) is 4. The van der Waals surface area contributed by atoms with Crippen molar-refractivity contribution in [3.63, 3.8) is 0 Å². The van der Waals surface area contributed by atoms with Crippen LogP contribution < -0.4 is 9.80 Å². The third kappa shape index (κ3) is 12.7. The predicted octanol–water partition coefficient (Wildman–Crippen LogP) is 34.6. The third-order valence-electron chi connectivity index (χ3n) is 26.5. The van der Waals surface area contributed by atoms with E-state index in [4.69, 9.17) is 0 Å². The van der Waals surface area contributed by atoms with Crippen molar-refractivity contribution in [1.82, 2.24) is 9.13 Å². The smallest absolute Gasteiger partial charge is 0.0553 e. The largest absolute Gasteiger partial charge is 0.310 e. The van der Waals surface area contributed by atoms with Gasteiger partial charge in [0.1, 0.15) is 0 Å². The molecule has 0 spiro atoms. The Hall–Kier alpha value is -16.9. The average Bonchev–Trinajstić information content (AvgIpc) is 1.56. The minimum absolute atomic E-state index is 1.05. The topological polar surface area (TPSA) is 16.3 Å². The van der Waals surface area contributed by atoms with E-state index in [9.17, 15) is 0 Å². The first-order chi connectivity index (χ1) is 63.4. The molecule has 25 aromatic rings. The van der Waals surface area contributed by atoms with Crippen molar-refractivity contribution in [3.05, 3.63) is 485 Å². The molecule has 0 atom stereocenters. The maximum atomic E-state index is 2.47. The van der Waals surface area contributed by atoms with Crippen molar-refractivity contribution in [3.8, 4) is 89.3 Å². The lowest BCUT2D eigenvalue weighted by Gasteiger charge is -2.28. The molecule has 0 aliphatic heterocycles. The molecule has 0 amide bonds. The summed E-state index contributed by atoms with van der Waals surface area (Å²) in [4.78, 5) is 4.89. The Morgan fingerprint density at radius 3 is 0.914 bits per heavy atom. The van der Waals surface area contributed by atoms with Crippen LogP contribution in [0.3, 0.4) is 0 Å². The van der Waals surface area contributed by atoms with E-state index in [0.29, 0.717) is 0 Å². The molecule has 2 heterocycles. The number of hydrogen-bond acceptors (Lipinski definition) is 2. The van der Waals surface area contributed by atoms with E-state index in [1.165, 1.54) is 147 Å². The SMILES string of the molecule is c1ccc(-c2cc(-c3ccc(-c4ccc5c(ccc6cc(-c7ccc(N(c8cccc(-c9c%10ccccc%10cc%10c9c9ccccc9n%10-c9ccccc9)c8)c8ccc9ccccc9c8)cc7)ccc65)c4)cc3)cc(N(c3ccc(-c4ccc5c(ccc6ccccc65)c4)cc3)c3cccc(-c4c5ccccc5cc5c4c4ccccc4n5-c4ccccc4)c3)c2)cc1. The predicted molar refractivity (Wildman–Crippen MR) is 545 cm³/mol. The van der Waals surface area contributed by atoms with Crippen LogP contribution in [0.4, 0.5) is 34.1 Å². The molecule has 23 aromatic carbocycles. The van der Waals surface area contributed by atoms with Crippen molar-refractivity contribution in [2.24, 2.45) is 0 Å². The lowest BCUT2D eigenvalue weighted by Crippen LogP contribution is -2.10. The van der Waals surface area contributed by atoms with Crippen LogP contribution in [0.25, 0.3) is 208 Å². The van der Waals surface area contributed by atoms with Crippen LogP contribution in [0.2, 0.25) is 0 Å². The van der Waals surface area contributed by atoms with Crippen molar-refractivity contribution < 1.29 is 0 Å². The molecule has 25 rings (SSSR count). The molecule has 0 unspecified atom stereocenters. The fourth-order valence-electron chi connectivity index (χ4n) is 20.5. The van der Waals surface area contributed by atoms with Crippen LogP contribution in [-0.4, -0.2) is 9.13 Å². The van der Waals surface area contributed by atoms with E-state index in [-0.39, 0.29) is 0 Å². The van der Waals surface area contributed by atoms with Gasteiger partial charge in [0.05, 0.1) is 22.1 Å². The number of benzene rings is 23. The number of aromatic nitrogens is 2. The molecule has 128 heavy (non-hydrogen) atoms. The summed E-state index contributed by atoms with van der Waals surface area (Å²) in [5, 5.41) is 22.0. The molecule has 4 heteroatoms. The Bertz CT molecular complexity index is 8730. The van der Waals surface area contributed by atoms with Gasteiger partial charge in [-0.1, -0.05) is 340 Å². The lowest BCUT2D eigenvalue weighted by molar-refractivity contribution is 1.18. The molecule has 596 valence electrons. The standard InChI is InChI=1S/C124H80N4/c1-4-24-81(25-5-1)99-73-100(78-108(77-99)126(104-64-56-85(57-65-104)90-59-67-110-94(71-90)51-50-87-27-12-15-39-109(87)110)106-38-23-32-98(76-106)122-114-41-17-14-30-93(114)80-120-124(122)116-43-19-21-45-118(116)128(120)102-35-8-3-9-36-102)86-48-46-83(47-49-86)89-60-68-111-95(70-89)52-53-96-72-91(61-69-112(96)111)84-54-62-103(63-55-84)125(107-66-58-82-26-10-11-28-88(82)74-107)105-37-22-31-97(75-105)121-113-40-16-13-29-92(113)79-119-123(121)115-42-18-20-44-117(115)127(119)101-33-6-2-7-34-101/h1-80H. The second-order valence-electron chi connectivity index (χ2n) is 33.9. The van der Waals surface area contributed by atoms with E-state index >= 15 is 0 Å². The van der Waals surface area contributed by atoms with Crippen LogP contribution in [0.15, 0.2) is 485 Å². The zero-order valence-electron chi connectivity index (χ0n) is 70.0. The average molecular weight is 1630 g/mol. The van der Waals surface area contributed by atoms with Crippen molar-refractivity contribution in [2.75, 3.05) is 9.80 Å². The normalized spacial score (nSPS) is 11.8. The summed E-state index contributed by atoms with van der Waals surface area (Å²) in [6.07, 6.45) is 0. The molecule has 4 nitrogen and oxygen atoms in total. The highest BCUT2D eigenvalue weighted by Crippen LogP contribution is 2.50. The Labute approximate surface area is 741 Å². The first-order valence-electron chi connectivity index (χ1n) is 44.1. The molecule has 2 aromatic heterocycles. The van der Waals surface area contributed by atoms with E-state index in [1.807, 2.05) is 0 Å². The Kier molecular flexibility index (Phi) is 17.6. The van der Waals surface area contributed by atoms with E-state index in [2.05, 4.69) is 504 Å². The van der Waals surface area contributed by atoms with Gasteiger partial charge in [0.15, 0.2) is 0 Å². The lowest BCUT2D eigenvalue weighted by atomic mass is 9.92. The zero-order chi connectivity index (χ0) is 84.3. The Morgan fingerprint density at radius 1 is 0.133 bits per heavy atom. The number of rotatable bonds is 15. The fourth-order valence-corrected chi connectivity index (χ4v) is 20.5. The monoisotopic (exact) mass is 1620 g/mol. The minimum Gasteiger partial charge on any atom is -0.310 e. The third-order valence-corrected chi connectivity index (χ3v) is 26.5. The number of fused-ring (bicyclic) bond motifs is 15. The van der Waals surface area contributed by atoms with Gasteiger partial charge >= 0.3 is 0 Å². The molecule has 0 saturated heterocycles. The zero-order valence-corrected chi connectivity index (χ0v) is 70.0. The van der Waals surface area contributed by atoms with Gasteiger partial charge in [0, 0.05) is 67.0 Å². The summed E-state index contributed by atoms with van der Waals surface area (Å²) in [6.45, 7) is 0. The highest BCUT2D eigenvalue weighted by molar-refractivity contribution is 6.25. The molecule has 0 radical (unpaired) electrons. The van der Waals surface area contributed by atoms with E-state index < -0.39 is 0 Å². The number of hydrogen-bond donors (Lipinski definition) is 0. The van der Waals surface area contributed by atoms with E-state index in [0.717, 1.165) is 95.6 Å². The minimum atomic E-state index is 1.05. The van der Waals surface area contributed by atoms with Gasteiger partial charge in [-0.15, -0.1) is 0 Å². The van der Waals surface area contributed by atoms with Gasteiger partial charge in [-0.3, -0.25) is 0 Å². The maximum absolute atomic E-state index is 2.47. The van der Waals surface area contributed by atoms with Crippen molar-refractivity contribution in [2.45, 2.75) is 0 Å². The van der Waals surface area contributed by atoms with Gasteiger partial charge in [-0.2, -0.15) is 0 Å². The number of anilines is 6. The highest BCUT2D eigenvalue weighted by Gasteiger charge is 2.26. The van der Waals surface area contributed by atoms with Crippen molar-refractivity contribution >= 4 is 153 Å².